The van der Waals surface area contributed by atoms with Crippen LogP contribution in [0, 0.1) is 13.8 Å². The quantitative estimate of drug-likeness (QED) is 0.768. The Balaban J connectivity index is 1.85. The molecule has 0 saturated heterocycles. The van der Waals surface area contributed by atoms with E-state index in [1.165, 1.54) is 0 Å². The molecule has 0 aliphatic rings. The lowest BCUT2D eigenvalue weighted by atomic mass is 10.1. The third kappa shape index (κ3) is 3.13. The molecule has 0 fully saturated rings. The molecule has 3 rings (SSSR count). The summed E-state index contributed by atoms with van der Waals surface area (Å²) in [6.45, 7) is 3.52. The number of fused-ring (bicyclic) bond motifs is 1. The van der Waals surface area contributed by atoms with E-state index in [9.17, 15) is 8.42 Å². The van der Waals surface area contributed by atoms with E-state index in [-0.39, 0.29) is 11.4 Å². The summed E-state index contributed by atoms with van der Waals surface area (Å²) in [7, 11) is -2.12. The Bertz CT molecular complexity index is 960. The first kappa shape index (κ1) is 16.5. The molecule has 126 valence electrons. The zero-order chi connectivity index (χ0) is 17.3. The number of nitrogens with zero attached hydrogens (tertiary/aromatic N) is 1. The summed E-state index contributed by atoms with van der Waals surface area (Å²) in [5.41, 5.74) is 2.69. The van der Waals surface area contributed by atoms with Crippen molar-refractivity contribution < 1.29 is 17.6 Å². The number of nitrogens with one attached hydrogen (secondary N) is 1. The summed E-state index contributed by atoms with van der Waals surface area (Å²) in [6.07, 6.45) is 0. The minimum absolute atomic E-state index is 0.0124. The second kappa shape index (κ2) is 6.26. The van der Waals surface area contributed by atoms with E-state index in [2.05, 4.69) is 9.71 Å². The number of para-hydroxylation sites is 2. The maximum atomic E-state index is 12.6. The normalized spacial score (nSPS) is 11.8. The fourth-order valence-electron chi connectivity index (χ4n) is 2.50. The standard InChI is InChI=1S/C17H18N2O4S/c1-11-9-16(12(2)8-15(11)22-3)24(20,21)18-10-17-19-13-6-4-5-7-14(13)23-17/h4-9,18H,10H2,1-3H3. The number of ether oxygens (including phenoxy) is 1. The Morgan fingerprint density at radius 3 is 2.62 bits per heavy atom. The molecule has 0 aliphatic carbocycles. The lowest BCUT2D eigenvalue weighted by molar-refractivity contribution is 0.411. The molecule has 7 heteroatoms. The Labute approximate surface area is 140 Å². The van der Waals surface area contributed by atoms with Gasteiger partial charge in [-0.05, 0) is 49.2 Å². The molecular formula is C17H18N2O4S. The third-order valence-corrected chi connectivity index (χ3v) is 5.28. The van der Waals surface area contributed by atoms with E-state index in [1.807, 2.05) is 18.2 Å². The number of aryl methyl sites for hydroxylation is 2. The van der Waals surface area contributed by atoms with Crippen LogP contribution >= 0.6 is 0 Å². The van der Waals surface area contributed by atoms with Crippen molar-refractivity contribution in [2.45, 2.75) is 25.3 Å². The molecule has 24 heavy (non-hydrogen) atoms. The van der Waals surface area contributed by atoms with Crippen LogP contribution in [-0.2, 0) is 16.6 Å². The lowest BCUT2D eigenvalue weighted by Gasteiger charge is -2.12. The van der Waals surface area contributed by atoms with Crippen LogP contribution in [0.15, 0.2) is 45.7 Å². The fraction of sp³-hybridized carbons (Fsp3) is 0.235. The highest BCUT2D eigenvalue weighted by molar-refractivity contribution is 7.89. The van der Waals surface area contributed by atoms with Gasteiger partial charge in [0, 0.05) is 0 Å². The molecule has 6 nitrogen and oxygen atoms in total. The third-order valence-electron chi connectivity index (χ3n) is 3.73. The summed E-state index contributed by atoms with van der Waals surface area (Å²) >= 11 is 0. The van der Waals surface area contributed by atoms with Gasteiger partial charge in [-0.2, -0.15) is 0 Å². The highest BCUT2D eigenvalue weighted by Gasteiger charge is 2.19. The van der Waals surface area contributed by atoms with Gasteiger partial charge in [-0.25, -0.2) is 18.1 Å². The van der Waals surface area contributed by atoms with Crippen molar-refractivity contribution in [1.29, 1.82) is 0 Å². The topological polar surface area (TPSA) is 81.4 Å². The number of methoxy groups -OCH3 is 1. The van der Waals surface area contributed by atoms with Crippen molar-refractivity contribution in [2.75, 3.05) is 7.11 Å². The molecule has 0 atom stereocenters. The van der Waals surface area contributed by atoms with Gasteiger partial charge in [-0.3, -0.25) is 0 Å². The van der Waals surface area contributed by atoms with E-state index >= 15 is 0 Å². The number of hydrogen-bond acceptors (Lipinski definition) is 5. The first-order valence-corrected chi connectivity index (χ1v) is 8.88. The van der Waals surface area contributed by atoms with Crippen molar-refractivity contribution in [3.8, 4) is 5.75 Å². The molecule has 0 radical (unpaired) electrons. The molecule has 1 aromatic heterocycles. The molecule has 1 N–H and O–H groups in total. The maximum absolute atomic E-state index is 12.6. The molecule has 1 heterocycles. The fourth-order valence-corrected chi connectivity index (χ4v) is 3.79. The van der Waals surface area contributed by atoms with Crippen LogP contribution in [0.1, 0.15) is 17.0 Å². The SMILES string of the molecule is COc1cc(C)c(S(=O)(=O)NCc2nc3ccccc3o2)cc1C. The second-order valence-electron chi connectivity index (χ2n) is 5.49. The molecule has 0 unspecified atom stereocenters. The minimum atomic E-state index is -3.68. The first-order valence-electron chi connectivity index (χ1n) is 7.40. The predicted octanol–water partition coefficient (Wildman–Crippen LogP) is 2.93. The van der Waals surface area contributed by atoms with Gasteiger partial charge < -0.3 is 9.15 Å². The largest absolute Gasteiger partial charge is 0.496 e. The number of oxazole rings is 1. The van der Waals surface area contributed by atoms with Gasteiger partial charge in [0.25, 0.3) is 0 Å². The van der Waals surface area contributed by atoms with Gasteiger partial charge in [0.2, 0.25) is 15.9 Å². The van der Waals surface area contributed by atoms with Crippen molar-refractivity contribution >= 4 is 21.1 Å². The van der Waals surface area contributed by atoms with Crippen LogP contribution in [0.25, 0.3) is 11.1 Å². The van der Waals surface area contributed by atoms with Gasteiger partial charge in [-0.1, -0.05) is 12.1 Å². The van der Waals surface area contributed by atoms with Gasteiger partial charge in [0.15, 0.2) is 5.58 Å². The van der Waals surface area contributed by atoms with Crippen LogP contribution in [0.5, 0.6) is 5.75 Å². The summed E-state index contributed by atoms with van der Waals surface area (Å²) in [5, 5.41) is 0. The van der Waals surface area contributed by atoms with Crippen molar-refractivity contribution in [3.05, 3.63) is 53.4 Å². The van der Waals surface area contributed by atoms with E-state index < -0.39 is 10.0 Å². The van der Waals surface area contributed by atoms with Crippen molar-refractivity contribution in [1.82, 2.24) is 9.71 Å². The van der Waals surface area contributed by atoms with Crippen LogP contribution in [-0.4, -0.2) is 20.5 Å². The predicted molar refractivity (Wildman–Crippen MR) is 90.5 cm³/mol. The zero-order valence-electron chi connectivity index (χ0n) is 13.7. The van der Waals surface area contributed by atoms with Gasteiger partial charge >= 0.3 is 0 Å². The number of sulfonamides is 1. The minimum Gasteiger partial charge on any atom is -0.496 e. The lowest BCUT2D eigenvalue weighted by Crippen LogP contribution is -2.24. The van der Waals surface area contributed by atoms with E-state index in [4.69, 9.17) is 9.15 Å². The van der Waals surface area contributed by atoms with Crippen molar-refractivity contribution in [3.63, 3.8) is 0 Å². The summed E-state index contributed by atoms with van der Waals surface area (Å²) in [6, 6.07) is 10.6. The Hall–Kier alpha value is -2.38. The van der Waals surface area contributed by atoms with Gasteiger partial charge in [-0.15, -0.1) is 0 Å². The highest BCUT2D eigenvalue weighted by atomic mass is 32.2. The van der Waals surface area contributed by atoms with Gasteiger partial charge in [0.05, 0.1) is 18.6 Å². The molecule has 0 bridgehead atoms. The highest BCUT2D eigenvalue weighted by Crippen LogP contribution is 2.25. The van der Waals surface area contributed by atoms with Crippen LogP contribution in [0.3, 0.4) is 0 Å². The average Bonchev–Trinajstić information content (AvgIpc) is 2.97. The average molecular weight is 346 g/mol. The van der Waals surface area contributed by atoms with E-state index in [0.29, 0.717) is 28.3 Å². The summed E-state index contributed by atoms with van der Waals surface area (Å²) < 4.78 is 38.4. The zero-order valence-corrected chi connectivity index (χ0v) is 14.5. The molecule has 0 saturated carbocycles. The molecule has 3 aromatic rings. The molecule has 2 aromatic carbocycles. The number of rotatable bonds is 5. The Kier molecular flexibility index (Phi) is 4.29. The second-order valence-corrected chi connectivity index (χ2v) is 7.22. The van der Waals surface area contributed by atoms with E-state index in [1.54, 1.807) is 39.2 Å². The number of aromatic nitrogens is 1. The molecular weight excluding hydrogens is 328 g/mol. The van der Waals surface area contributed by atoms with Crippen LogP contribution in [0.4, 0.5) is 0 Å². The monoisotopic (exact) mass is 346 g/mol. The van der Waals surface area contributed by atoms with Crippen LogP contribution in [0.2, 0.25) is 0 Å². The Morgan fingerprint density at radius 1 is 1.17 bits per heavy atom. The summed E-state index contributed by atoms with van der Waals surface area (Å²) in [4.78, 5) is 4.48. The van der Waals surface area contributed by atoms with E-state index in [0.717, 1.165) is 5.56 Å². The number of hydrogen-bond donors (Lipinski definition) is 1. The summed E-state index contributed by atoms with van der Waals surface area (Å²) in [5.74, 6) is 0.980. The maximum Gasteiger partial charge on any atom is 0.241 e. The number of benzene rings is 2. The molecule has 0 spiro atoms. The Morgan fingerprint density at radius 2 is 1.92 bits per heavy atom. The molecule has 0 amide bonds. The van der Waals surface area contributed by atoms with Crippen molar-refractivity contribution in [2.24, 2.45) is 0 Å². The molecule has 0 aliphatic heterocycles. The smallest absolute Gasteiger partial charge is 0.241 e. The first-order chi connectivity index (χ1) is 11.4. The van der Waals surface area contributed by atoms with Crippen LogP contribution < -0.4 is 9.46 Å². The van der Waals surface area contributed by atoms with Gasteiger partial charge in [0.1, 0.15) is 11.3 Å².